The van der Waals surface area contributed by atoms with E-state index in [4.69, 9.17) is 16.3 Å². The zero-order valence-electron chi connectivity index (χ0n) is 11.0. The molecule has 1 atom stereocenters. The Kier molecular flexibility index (Phi) is 4.65. The minimum absolute atomic E-state index is 0.331. The van der Waals surface area contributed by atoms with Crippen LogP contribution in [0.2, 0.25) is 0 Å². The SMILES string of the molecule is COC(=O)C(C)n1c(CCCl)nc2cc(Br)c(F)cc21. The van der Waals surface area contributed by atoms with Gasteiger partial charge < -0.3 is 9.30 Å². The number of imidazole rings is 1. The van der Waals surface area contributed by atoms with E-state index < -0.39 is 17.8 Å². The number of ether oxygens (including phenoxy) is 1. The van der Waals surface area contributed by atoms with Crippen molar-refractivity contribution in [1.29, 1.82) is 0 Å². The Bertz CT molecular complexity index is 659. The number of alkyl halides is 1. The maximum absolute atomic E-state index is 13.7. The first-order valence-electron chi connectivity index (χ1n) is 5.99. The third kappa shape index (κ3) is 2.67. The molecule has 1 unspecified atom stereocenters. The fraction of sp³-hybridized carbons (Fsp3) is 0.385. The molecular formula is C13H13BrClFN2O2. The van der Waals surface area contributed by atoms with E-state index in [1.165, 1.54) is 13.2 Å². The van der Waals surface area contributed by atoms with Gasteiger partial charge in [0.2, 0.25) is 0 Å². The largest absolute Gasteiger partial charge is 0.467 e. The molecule has 1 aromatic heterocycles. The Morgan fingerprint density at radius 2 is 2.30 bits per heavy atom. The third-order valence-corrected chi connectivity index (χ3v) is 3.85. The smallest absolute Gasteiger partial charge is 0.328 e. The van der Waals surface area contributed by atoms with Crippen molar-refractivity contribution >= 4 is 44.5 Å². The fourth-order valence-corrected chi connectivity index (χ4v) is 2.61. The van der Waals surface area contributed by atoms with Crippen LogP contribution in [0.3, 0.4) is 0 Å². The molecule has 0 aliphatic rings. The first kappa shape index (κ1) is 15.3. The van der Waals surface area contributed by atoms with E-state index in [9.17, 15) is 9.18 Å². The summed E-state index contributed by atoms with van der Waals surface area (Å²) in [5.41, 5.74) is 1.15. The predicted octanol–water partition coefficient (Wildman–Crippen LogP) is 3.45. The lowest BCUT2D eigenvalue weighted by molar-refractivity contribution is -0.143. The van der Waals surface area contributed by atoms with Gasteiger partial charge in [0.1, 0.15) is 17.7 Å². The van der Waals surface area contributed by atoms with Gasteiger partial charge in [-0.15, -0.1) is 11.6 Å². The Morgan fingerprint density at radius 1 is 1.60 bits per heavy atom. The second kappa shape index (κ2) is 6.10. The molecule has 0 saturated carbocycles. The number of hydrogen-bond donors (Lipinski definition) is 0. The molecule has 1 heterocycles. The highest BCUT2D eigenvalue weighted by Crippen LogP contribution is 2.27. The van der Waals surface area contributed by atoms with Crippen LogP contribution in [0.25, 0.3) is 11.0 Å². The molecule has 1 aromatic carbocycles. The molecule has 2 rings (SSSR count). The summed E-state index contributed by atoms with van der Waals surface area (Å²) in [7, 11) is 1.32. The molecule has 0 aliphatic carbocycles. The van der Waals surface area contributed by atoms with Crippen LogP contribution in [-0.2, 0) is 16.0 Å². The summed E-state index contributed by atoms with van der Waals surface area (Å²) in [5.74, 6) is 0.169. The Hall–Kier alpha value is -1.14. The van der Waals surface area contributed by atoms with Crippen molar-refractivity contribution in [2.45, 2.75) is 19.4 Å². The highest BCUT2D eigenvalue weighted by Gasteiger charge is 2.22. The normalized spacial score (nSPS) is 12.7. The lowest BCUT2D eigenvalue weighted by Crippen LogP contribution is -2.20. The monoisotopic (exact) mass is 362 g/mol. The summed E-state index contributed by atoms with van der Waals surface area (Å²) in [4.78, 5) is 16.2. The number of benzene rings is 1. The van der Waals surface area contributed by atoms with Gasteiger partial charge in [0.05, 0.1) is 22.6 Å². The van der Waals surface area contributed by atoms with Crippen LogP contribution in [0.15, 0.2) is 16.6 Å². The summed E-state index contributed by atoms with van der Waals surface area (Å²) in [6, 6.07) is 2.34. The highest BCUT2D eigenvalue weighted by molar-refractivity contribution is 9.10. The Balaban J connectivity index is 2.67. The zero-order chi connectivity index (χ0) is 14.9. The van der Waals surface area contributed by atoms with Crippen molar-refractivity contribution in [1.82, 2.24) is 9.55 Å². The maximum atomic E-state index is 13.7. The summed E-state index contributed by atoms with van der Waals surface area (Å²) in [6.45, 7) is 1.69. The average molecular weight is 364 g/mol. The van der Waals surface area contributed by atoms with E-state index in [0.717, 1.165) is 0 Å². The first-order valence-corrected chi connectivity index (χ1v) is 7.32. The summed E-state index contributed by atoms with van der Waals surface area (Å²) < 4.78 is 20.5. The van der Waals surface area contributed by atoms with Gasteiger partial charge in [-0.3, -0.25) is 0 Å². The number of esters is 1. The molecule has 0 spiro atoms. The number of aromatic nitrogens is 2. The summed E-state index contributed by atoms with van der Waals surface area (Å²) in [6.07, 6.45) is 0.483. The maximum Gasteiger partial charge on any atom is 0.328 e. The van der Waals surface area contributed by atoms with Crippen LogP contribution in [0.4, 0.5) is 4.39 Å². The number of nitrogens with zero attached hydrogens (tertiary/aromatic N) is 2. The molecule has 4 nitrogen and oxygen atoms in total. The molecule has 7 heteroatoms. The van der Waals surface area contributed by atoms with Crippen molar-refractivity contribution in [3.8, 4) is 0 Å². The molecule has 108 valence electrons. The molecular weight excluding hydrogens is 351 g/mol. The average Bonchev–Trinajstić information content (AvgIpc) is 2.75. The Labute approximate surface area is 129 Å². The number of hydrogen-bond acceptors (Lipinski definition) is 3. The number of rotatable bonds is 4. The van der Waals surface area contributed by atoms with Crippen LogP contribution in [-0.4, -0.2) is 28.5 Å². The molecule has 0 fully saturated rings. The number of methoxy groups -OCH3 is 1. The molecule has 0 N–H and O–H groups in total. The van der Waals surface area contributed by atoms with Crippen molar-refractivity contribution in [2.75, 3.05) is 13.0 Å². The molecule has 0 amide bonds. The number of aryl methyl sites for hydroxylation is 1. The van der Waals surface area contributed by atoms with Gasteiger partial charge in [0.25, 0.3) is 0 Å². The highest BCUT2D eigenvalue weighted by atomic mass is 79.9. The predicted molar refractivity (Wildman–Crippen MR) is 78.5 cm³/mol. The second-order valence-corrected chi connectivity index (χ2v) is 5.52. The lowest BCUT2D eigenvalue weighted by atomic mass is 10.2. The molecule has 0 saturated heterocycles. The van der Waals surface area contributed by atoms with E-state index >= 15 is 0 Å². The van der Waals surface area contributed by atoms with Crippen LogP contribution < -0.4 is 0 Å². The number of fused-ring (bicyclic) bond motifs is 1. The minimum atomic E-state index is -0.594. The van der Waals surface area contributed by atoms with Crippen LogP contribution >= 0.6 is 27.5 Å². The Morgan fingerprint density at radius 3 is 2.90 bits per heavy atom. The second-order valence-electron chi connectivity index (χ2n) is 4.29. The summed E-state index contributed by atoms with van der Waals surface area (Å²) >= 11 is 8.89. The number of halogens is 3. The molecule has 0 aliphatic heterocycles. The van der Waals surface area contributed by atoms with Gasteiger partial charge in [-0.1, -0.05) is 0 Å². The quantitative estimate of drug-likeness (QED) is 0.617. The molecule has 0 radical (unpaired) electrons. The van der Waals surface area contributed by atoms with E-state index in [1.54, 1.807) is 17.6 Å². The van der Waals surface area contributed by atoms with E-state index in [1.807, 2.05) is 0 Å². The molecule has 2 aromatic rings. The third-order valence-electron chi connectivity index (χ3n) is 3.05. The van der Waals surface area contributed by atoms with E-state index in [0.29, 0.717) is 33.6 Å². The van der Waals surface area contributed by atoms with Crippen molar-refractivity contribution in [3.05, 3.63) is 28.2 Å². The minimum Gasteiger partial charge on any atom is -0.467 e. The number of carbonyl (C=O) groups excluding carboxylic acids is 1. The van der Waals surface area contributed by atoms with Crippen LogP contribution in [0, 0.1) is 5.82 Å². The standard InChI is InChI=1S/C13H13BrClFN2O2/c1-7(13(19)20-2)18-11-6-9(16)8(14)5-10(11)17-12(18)3-4-15/h5-7H,3-4H2,1-2H3. The van der Waals surface area contributed by atoms with Gasteiger partial charge in [-0.2, -0.15) is 0 Å². The fourth-order valence-electron chi connectivity index (χ4n) is 2.11. The van der Waals surface area contributed by atoms with Gasteiger partial charge >= 0.3 is 5.97 Å². The zero-order valence-corrected chi connectivity index (χ0v) is 13.3. The van der Waals surface area contributed by atoms with E-state index in [2.05, 4.69) is 20.9 Å². The topological polar surface area (TPSA) is 44.1 Å². The molecule has 0 bridgehead atoms. The van der Waals surface area contributed by atoms with Gasteiger partial charge in [0, 0.05) is 18.4 Å². The molecule has 20 heavy (non-hydrogen) atoms. The van der Waals surface area contributed by atoms with Crippen LogP contribution in [0.5, 0.6) is 0 Å². The van der Waals surface area contributed by atoms with Crippen LogP contribution in [0.1, 0.15) is 18.8 Å². The van der Waals surface area contributed by atoms with Crippen molar-refractivity contribution in [3.63, 3.8) is 0 Å². The van der Waals surface area contributed by atoms with Crippen molar-refractivity contribution < 1.29 is 13.9 Å². The van der Waals surface area contributed by atoms with E-state index in [-0.39, 0.29) is 0 Å². The number of carbonyl (C=O) groups is 1. The van der Waals surface area contributed by atoms with Crippen molar-refractivity contribution in [2.24, 2.45) is 0 Å². The van der Waals surface area contributed by atoms with Gasteiger partial charge in [0.15, 0.2) is 0 Å². The van der Waals surface area contributed by atoms with Gasteiger partial charge in [-0.25, -0.2) is 14.2 Å². The first-order chi connectivity index (χ1) is 9.49. The lowest BCUT2D eigenvalue weighted by Gasteiger charge is -2.15. The van der Waals surface area contributed by atoms with Gasteiger partial charge in [-0.05, 0) is 28.9 Å². The summed E-state index contributed by atoms with van der Waals surface area (Å²) in [5, 5.41) is 0.